The first-order chi connectivity index (χ1) is 10.7. The van der Waals surface area contributed by atoms with Gasteiger partial charge >= 0.3 is 0 Å². The van der Waals surface area contributed by atoms with E-state index in [9.17, 15) is 10.1 Å². The molecule has 0 radical (unpaired) electrons. The number of carbonyl (C=O) groups is 1. The third-order valence-electron chi connectivity index (χ3n) is 3.72. The maximum atomic E-state index is 12.1. The Hall–Kier alpha value is -1.29. The van der Waals surface area contributed by atoms with E-state index in [1.54, 1.807) is 22.7 Å². The molecule has 6 heteroatoms. The predicted octanol–water partition coefficient (Wildman–Crippen LogP) is 4.54. The van der Waals surface area contributed by atoms with E-state index in [1.165, 1.54) is 16.6 Å². The van der Waals surface area contributed by atoms with Crippen molar-refractivity contribution >= 4 is 45.3 Å². The number of hydrogen-bond acceptors (Lipinski definition) is 5. The van der Waals surface area contributed by atoms with Crippen LogP contribution in [0, 0.1) is 17.2 Å². The van der Waals surface area contributed by atoms with Crippen molar-refractivity contribution in [2.75, 3.05) is 11.1 Å². The summed E-state index contributed by atoms with van der Waals surface area (Å²) >= 11 is 4.75. The smallest absolute Gasteiger partial charge is 0.235 e. The van der Waals surface area contributed by atoms with Crippen LogP contribution in [0.3, 0.4) is 0 Å². The fourth-order valence-corrected chi connectivity index (χ4v) is 5.56. The molecule has 22 heavy (non-hydrogen) atoms. The zero-order chi connectivity index (χ0) is 15.5. The first-order valence-corrected chi connectivity index (χ1v) is 9.86. The highest BCUT2D eigenvalue weighted by Gasteiger charge is 2.24. The lowest BCUT2D eigenvalue weighted by atomic mass is 9.89. The second-order valence-corrected chi connectivity index (χ2v) is 8.77. The molecule has 0 aliphatic heterocycles. The van der Waals surface area contributed by atoms with Crippen LogP contribution in [-0.4, -0.2) is 11.7 Å². The van der Waals surface area contributed by atoms with Crippen LogP contribution in [0.25, 0.3) is 0 Å². The largest absolute Gasteiger partial charge is 0.316 e. The standard InChI is InChI=1S/C16H16N2OS3/c1-10-4-5-11-12(8-17)16(22-13(11)7-10)18-14(19)9-21-15-3-2-6-20-15/h2-3,6,10H,4-5,7,9H2,1H3,(H,18,19)/t10-/m0/s1. The van der Waals surface area contributed by atoms with Crippen LogP contribution in [0.5, 0.6) is 0 Å². The summed E-state index contributed by atoms with van der Waals surface area (Å²) in [6.07, 6.45) is 3.10. The number of fused-ring (bicyclic) bond motifs is 1. The van der Waals surface area contributed by atoms with E-state index in [-0.39, 0.29) is 5.91 Å². The molecule has 114 valence electrons. The maximum Gasteiger partial charge on any atom is 0.235 e. The van der Waals surface area contributed by atoms with Crippen molar-refractivity contribution in [3.63, 3.8) is 0 Å². The summed E-state index contributed by atoms with van der Waals surface area (Å²) in [7, 11) is 0. The normalized spacial score (nSPS) is 16.8. The lowest BCUT2D eigenvalue weighted by molar-refractivity contribution is -0.113. The molecule has 1 aliphatic rings. The third-order valence-corrected chi connectivity index (χ3v) is 7.02. The van der Waals surface area contributed by atoms with Gasteiger partial charge in [0.2, 0.25) is 5.91 Å². The molecular formula is C16H16N2OS3. The van der Waals surface area contributed by atoms with E-state index in [1.807, 2.05) is 17.5 Å². The Morgan fingerprint density at radius 3 is 3.18 bits per heavy atom. The first kappa shape index (κ1) is 15.6. The summed E-state index contributed by atoms with van der Waals surface area (Å²) in [5, 5.41) is 15.1. The first-order valence-electron chi connectivity index (χ1n) is 7.18. The molecule has 0 spiro atoms. The van der Waals surface area contributed by atoms with Crippen molar-refractivity contribution in [3.05, 3.63) is 33.5 Å². The third kappa shape index (κ3) is 3.37. The Morgan fingerprint density at radius 1 is 1.59 bits per heavy atom. The van der Waals surface area contributed by atoms with Gasteiger partial charge < -0.3 is 5.32 Å². The molecule has 0 saturated heterocycles. The summed E-state index contributed by atoms with van der Waals surface area (Å²) in [5.74, 6) is 1.00. The van der Waals surface area contributed by atoms with Crippen LogP contribution in [0.1, 0.15) is 29.3 Å². The second kappa shape index (κ2) is 6.86. The molecule has 1 amide bonds. The minimum atomic E-state index is -0.0402. The van der Waals surface area contributed by atoms with Crippen molar-refractivity contribution in [2.45, 2.75) is 30.4 Å². The fourth-order valence-electron chi connectivity index (χ4n) is 2.60. The van der Waals surface area contributed by atoms with Gasteiger partial charge in [-0.05, 0) is 42.2 Å². The summed E-state index contributed by atoms with van der Waals surface area (Å²) < 4.78 is 1.13. The van der Waals surface area contributed by atoms with Gasteiger partial charge in [-0.2, -0.15) is 5.26 Å². The molecule has 0 aromatic carbocycles. The molecule has 1 aliphatic carbocycles. The van der Waals surface area contributed by atoms with Crippen LogP contribution in [-0.2, 0) is 17.6 Å². The number of carbonyl (C=O) groups excluding carboxylic acids is 1. The molecule has 0 fully saturated rings. The summed E-state index contributed by atoms with van der Waals surface area (Å²) in [5.41, 5.74) is 1.84. The Kier molecular flexibility index (Phi) is 4.87. The minimum absolute atomic E-state index is 0.0402. The highest BCUT2D eigenvalue weighted by Crippen LogP contribution is 2.39. The Labute approximate surface area is 142 Å². The molecular weight excluding hydrogens is 332 g/mol. The lowest BCUT2D eigenvalue weighted by Crippen LogP contribution is -2.14. The van der Waals surface area contributed by atoms with Gasteiger partial charge in [-0.25, -0.2) is 0 Å². The van der Waals surface area contributed by atoms with Gasteiger partial charge in [0, 0.05) is 4.88 Å². The van der Waals surface area contributed by atoms with E-state index < -0.39 is 0 Å². The molecule has 2 aromatic rings. The van der Waals surface area contributed by atoms with Crippen molar-refractivity contribution in [1.82, 2.24) is 0 Å². The summed E-state index contributed by atoms with van der Waals surface area (Å²) in [6.45, 7) is 2.24. The number of thioether (sulfide) groups is 1. The Morgan fingerprint density at radius 2 is 2.45 bits per heavy atom. The molecule has 3 nitrogen and oxygen atoms in total. The lowest BCUT2D eigenvalue weighted by Gasteiger charge is -2.17. The van der Waals surface area contributed by atoms with Crippen LogP contribution in [0.15, 0.2) is 21.7 Å². The Balaban J connectivity index is 1.69. The minimum Gasteiger partial charge on any atom is -0.316 e. The zero-order valence-electron chi connectivity index (χ0n) is 12.2. The van der Waals surface area contributed by atoms with Crippen molar-refractivity contribution in [1.29, 1.82) is 5.26 Å². The quantitative estimate of drug-likeness (QED) is 0.826. The van der Waals surface area contributed by atoms with Crippen LogP contribution in [0.2, 0.25) is 0 Å². The second-order valence-electron chi connectivity index (χ2n) is 5.44. The fraction of sp³-hybridized carbons (Fsp3) is 0.375. The molecule has 1 atom stereocenters. The number of hydrogen-bond donors (Lipinski definition) is 1. The number of nitrogens with one attached hydrogen (secondary N) is 1. The van der Waals surface area contributed by atoms with Gasteiger partial charge in [-0.1, -0.05) is 13.0 Å². The highest BCUT2D eigenvalue weighted by atomic mass is 32.2. The topological polar surface area (TPSA) is 52.9 Å². The summed E-state index contributed by atoms with van der Waals surface area (Å²) in [6, 6.07) is 6.27. The van der Waals surface area contributed by atoms with Crippen LogP contribution >= 0.6 is 34.4 Å². The molecule has 3 rings (SSSR count). The summed E-state index contributed by atoms with van der Waals surface area (Å²) in [4.78, 5) is 13.4. The predicted molar refractivity (Wildman–Crippen MR) is 93.9 cm³/mol. The number of nitriles is 1. The van der Waals surface area contributed by atoms with Crippen molar-refractivity contribution < 1.29 is 4.79 Å². The van der Waals surface area contributed by atoms with Gasteiger partial charge in [0.25, 0.3) is 0 Å². The van der Waals surface area contributed by atoms with E-state index >= 15 is 0 Å². The number of amides is 1. The van der Waals surface area contributed by atoms with Gasteiger partial charge in [-0.15, -0.1) is 34.4 Å². The maximum absolute atomic E-state index is 12.1. The molecule has 2 aromatic heterocycles. The average Bonchev–Trinajstić information content (AvgIpc) is 3.11. The van der Waals surface area contributed by atoms with E-state index in [0.717, 1.165) is 34.0 Å². The van der Waals surface area contributed by atoms with Crippen molar-refractivity contribution in [2.24, 2.45) is 5.92 Å². The number of nitrogens with zero attached hydrogens (tertiary/aromatic N) is 1. The highest BCUT2D eigenvalue weighted by molar-refractivity contribution is 8.01. The number of rotatable bonds is 4. The number of thiophene rings is 2. The van der Waals surface area contributed by atoms with E-state index in [4.69, 9.17) is 0 Å². The Bertz CT molecular complexity index is 713. The monoisotopic (exact) mass is 348 g/mol. The molecule has 0 bridgehead atoms. The molecule has 0 saturated carbocycles. The van der Waals surface area contributed by atoms with Gasteiger partial charge in [0.05, 0.1) is 15.5 Å². The van der Waals surface area contributed by atoms with Crippen LogP contribution in [0.4, 0.5) is 5.00 Å². The van der Waals surface area contributed by atoms with Crippen LogP contribution < -0.4 is 5.32 Å². The van der Waals surface area contributed by atoms with Gasteiger partial charge in [-0.3, -0.25) is 4.79 Å². The zero-order valence-corrected chi connectivity index (χ0v) is 14.7. The molecule has 1 N–H and O–H groups in total. The van der Waals surface area contributed by atoms with Gasteiger partial charge in [0.15, 0.2) is 0 Å². The average molecular weight is 349 g/mol. The van der Waals surface area contributed by atoms with E-state index in [0.29, 0.717) is 17.2 Å². The van der Waals surface area contributed by atoms with Crippen molar-refractivity contribution in [3.8, 4) is 6.07 Å². The van der Waals surface area contributed by atoms with E-state index in [2.05, 4.69) is 18.3 Å². The SMILES string of the molecule is C[C@H]1CCc2c(sc(NC(=O)CSc3cccs3)c2C#N)C1. The van der Waals surface area contributed by atoms with Gasteiger partial charge in [0.1, 0.15) is 11.1 Å². The molecule has 0 unspecified atom stereocenters. The number of anilines is 1. The molecule has 2 heterocycles.